The van der Waals surface area contributed by atoms with Gasteiger partial charge in [0.2, 0.25) is 0 Å². The van der Waals surface area contributed by atoms with Crippen molar-refractivity contribution in [1.82, 2.24) is 16.0 Å². The summed E-state index contributed by atoms with van der Waals surface area (Å²) in [6, 6.07) is 15.1. The average Bonchev–Trinajstić information content (AvgIpc) is 3.10. The lowest BCUT2D eigenvalue weighted by Gasteiger charge is -2.17. The number of carbonyl (C=O) groups excluding carboxylic acids is 1. The lowest BCUT2D eigenvalue weighted by atomic mass is 9.98. The zero-order valence-corrected chi connectivity index (χ0v) is 18.9. The van der Waals surface area contributed by atoms with Gasteiger partial charge in [-0.25, -0.2) is 9.59 Å². The predicted octanol–water partition coefficient (Wildman–Crippen LogP) is 2.98. The Balaban J connectivity index is 0.00000363. The molecule has 4 N–H and O–H groups in total. The van der Waals surface area contributed by atoms with Gasteiger partial charge >= 0.3 is 12.1 Å². The summed E-state index contributed by atoms with van der Waals surface area (Å²) < 4.78 is 5.44. The van der Waals surface area contributed by atoms with Crippen LogP contribution in [0.5, 0.6) is 0 Å². The van der Waals surface area contributed by atoms with Crippen molar-refractivity contribution in [3.63, 3.8) is 0 Å². The van der Waals surface area contributed by atoms with E-state index >= 15 is 0 Å². The van der Waals surface area contributed by atoms with Crippen LogP contribution in [0.15, 0.2) is 53.5 Å². The van der Waals surface area contributed by atoms with Crippen molar-refractivity contribution >= 4 is 30.4 Å². The van der Waals surface area contributed by atoms with Crippen molar-refractivity contribution in [2.45, 2.75) is 24.8 Å². The first-order valence-electron chi connectivity index (χ1n) is 10.3. The summed E-state index contributed by atoms with van der Waals surface area (Å²) in [7, 11) is 3.39. The fourth-order valence-corrected chi connectivity index (χ4v) is 3.83. The van der Waals surface area contributed by atoms with Crippen molar-refractivity contribution in [3.8, 4) is 11.1 Å². The van der Waals surface area contributed by atoms with Crippen LogP contribution in [0.25, 0.3) is 11.1 Å². The second-order valence-corrected chi connectivity index (χ2v) is 7.25. The Morgan fingerprint density at radius 2 is 1.69 bits per heavy atom. The van der Waals surface area contributed by atoms with Gasteiger partial charge in [-0.05, 0) is 35.1 Å². The summed E-state index contributed by atoms with van der Waals surface area (Å²) in [6.07, 6.45) is 0.0856. The Bertz CT molecular complexity index is 921. The Morgan fingerprint density at radius 3 is 2.22 bits per heavy atom. The summed E-state index contributed by atoms with van der Waals surface area (Å²) in [4.78, 5) is 27.9. The lowest BCUT2D eigenvalue weighted by Crippen LogP contribution is -2.42. The minimum Gasteiger partial charge on any atom is -0.480 e. The monoisotopic (exact) mass is 460 g/mol. The maximum atomic E-state index is 12.3. The summed E-state index contributed by atoms with van der Waals surface area (Å²) in [5, 5.41) is 17.8. The van der Waals surface area contributed by atoms with E-state index in [4.69, 9.17) is 4.74 Å². The molecule has 0 spiro atoms. The first-order chi connectivity index (χ1) is 15.0. The van der Waals surface area contributed by atoms with Gasteiger partial charge in [-0.2, -0.15) is 0 Å². The molecule has 0 saturated heterocycles. The van der Waals surface area contributed by atoms with Crippen LogP contribution in [0.1, 0.15) is 29.9 Å². The highest BCUT2D eigenvalue weighted by molar-refractivity contribution is 5.85. The molecule has 0 bridgehead atoms. The molecule has 0 heterocycles. The zero-order chi connectivity index (χ0) is 22.2. The molecule has 1 aliphatic rings. The van der Waals surface area contributed by atoms with Crippen molar-refractivity contribution in [2.24, 2.45) is 4.99 Å². The molecule has 2 aromatic rings. The lowest BCUT2D eigenvalue weighted by molar-refractivity contribution is -0.139. The summed E-state index contributed by atoms with van der Waals surface area (Å²) in [6.45, 7) is 0.676. The van der Waals surface area contributed by atoms with Crippen LogP contribution in [0, 0.1) is 0 Å². The van der Waals surface area contributed by atoms with Crippen LogP contribution in [-0.4, -0.2) is 56.4 Å². The number of nitrogens with one attached hydrogen (secondary N) is 3. The Morgan fingerprint density at radius 1 is 1.09 bits per heavy atom. The second-order valence-electron chi connectivity index (χ2n) is 7.25. The van der Waals surface area contributed by atoms with E-state index in [-0.39, 0.29) is 31.4 Å². The van der Waals surface area contributed by atoms with Crippen molar-refractivity contribution in [1.29, 1.82) is 0 Å². The number of carboxylic acid groups (broad SMARTS) is 1. The van der Waals surface area contributed by atoms with Gasteiger partial charge in [-0.1, -0.05) is 48.5 Å². The number of fused-ring (bicyclic) bond motifs is 3. The Kier molecular flexibility index (Phi) is 9.34. The van der Waals surface area contributed by atoms with Gasteiger partial charge in [-0.3, -0.25) is 4.99 Å². The highest BCUT2D eigenvalue weighted by atomic mass is 35.5. The molecule has 9 heteroatoms. The third-order valence-electron chi connectivity index (χ3n) is 5.36. The number of alkyl carbamates (subject to hydrolysis) is 1. The molecule has 1 aliphatic carbocycles. The number of amides is 1. The number of benzene rings is 2. The van der Waals surface area contributed by atoms with E-state index in [0.29, 0.717) is 18.9 Å². The summed E-state index contributed by atoms with van der Waals surface area (Å²) in [5.41, 5.74) is 4.49. The average molecular weight is 461 g/mol. The number of nitrogens with zero attached hydrogens (tertiary/aromatic N) is 1. The summed E-state index contributed by atoms with van der Waals surface area (Å²) in [5.74, 6) is -0.540. The smallest absolute Gasteiger partial charge is 0.407 e. The topological polar surface area (TPSA) is 112 Å². The molecule has 0 aliphatic heterocycles. The SMILES string of the molecule is CN=C(NC)NCCC[C@H](NC(=O)OCC1c2ccccc2-c2ccccc21)C(=O)O.Cl. The number of aliphatic carboxylic acids is 1. The quantitative estimate of drug-likeness (QED) is 0.274. The molecule has 1 atom stereocenters. The fraction of sp³-hybridized carbons (Fsp3) is 0.348. The molecular formula is C23H29ClN4O4. The van der Waals surface area contributed by atoms with Crippen molar-refractivity contribution in [3.05, 3.63) is 59.7 Å². The molecule has 0 radical (unpaired) electrons. The van der Waals surface area contributed by atoms with Gasteiger partial charge in [0.1, 0.15) is 12.6 Å². The van der Waals surface area contributed by atoms with E-state index in [1.54, 1.807) is 14.1 Å². The molecule has 0 unspecified atom stereocenters. The summed E-state index contributed by atoms with van der Waals surface area (Å²) >= 11 is 0. The number of hydrogen-bond acceptors (Lipinski definition) is 4. The molecular weight excluding hydrogens is 432 g/mol. The van der Waals surface area contributed by atoms with Crippen molar-refractivity contribution < 1.29 is 19.4 Å². The number of aliphatic imine (C=N–C) groups is 1. The number of carboxylic acids is 1. The van der Waals surface area contributed by atoms with Gasteiger partial charge in [0.15, 0.2) is 5.96 Å². The van der Waals surface area contributed by atoms with E-state index in [1.165, 1.54) is 0 Å². The highest BCUT2D eigenvalue weighted by Gasteiger charge is 2.29. The largest absolute Gasteiger partial charge is 0.480 e. The van der Waals surface area contributed by atoms with Crippen LogP contribution in [0.4, 0.5) is 4.79 Å². The Labute approximate surface area is 193 Å². The van der Waals surface area contributed by atoms with E-state index in [9.17, 15) is 14.7 Å². The second kappa shape index (κ2) is 12.0. The van der Waals surface area contributed by atoms with Crippen LogP contribution in [-0.2, 0) is 9.53 Å². The molecule has 1 amide bonds. The van der Waals surface area contributed by atoms with E-state index < -0.39 is 18.1 Å². The third-order valence-corrected chi connectivity index (χ3v) is 5.36. The number of guanidine groups is 1. The minimum atomic E-state index is -1.09. The maximum Gasteiger partial charge on any atom is 0.407 e. The van der Waals surface area contributed by atoms with E-state index in [1.807, 2.05) is 36.4 Å². The molecule has 3 rings (SSSR count). The highest BCUT2D eigenvalue weighted by Crippen LogP contribution is 2.44. The fourth-order valence-electron chi connectivity index (χ4n) is 3.83. The van der Waals surface area contributed by atoms with Gasteiger partial charge in [-0.15, -0.1) is 12.4 Å². The standard InChI is InChI=1S/C23H28N4O4.ClH/c1-24-22(25-2)26-13-7-12-20(21(28)29)27-23(30)31-14-19-17-10-5-3-8-15(17)16-9-4-6-11-18(16)19;/h3-6,8-11,19-20H,7,12-14H2,1-2H3,(H,27,30)(H,28,29)(H2,24,25,26);1H/t20-;/m0./s1. The molecule has 0 aromatic heterocycles. The van der Waals surface area contributed by atoms with Crippen LogP contribution < -0.4 is 16.0 Å². The van der Waals surface area contributed by atoms with Gasteiger partial charge in [0.25, 0.3) is 0 Å². The van der Waals surface area contributed by atoms with Crippen LogP contribution in [0.2, 0.25) is 0 Å². The molecule has 8 nitrogen and oxygen atoms in total. The van der Waals surface area contributed by atoms with E-state index in [2.05, 4.69) is 33.1 Å². The third kappa shape index (κ3) is 5.91. The van der Waals surface area contributed by atoms with Gasteiger partial charge in [0, 0.05) is 26.6 Å². The van der Waals surface area contributed by atoms with Crippen LogP contribution in [0.3, 0.4) is 0 Å². The van der Waals surface area contributed by atoms with Crippen LogP contribution >= 0.6 is 12.4 Å². The number of halogens is 1. The molecule has 0 saturated carbocycles. The first kappa shape index (κ1) is 25.0. The minimum absolute atomic E-state index is 0. The van der Waals surface area contributed by atoms with Gasteiger partial charge in [0.05, 0.1) is 0 Å². The maximum absolute atomic E-state index is 12.3. The zero-order valence-electron chi connectivity index (χ0n) is 18.1. The predicted molar refractivity (Wildman–Crippen MR) is 127 cm³/mol. The number of rotatable bonds is 8. The van der Waals surface area contributed by atoms with Gasteiger partial charge < -0.3 is 25.8 Å². The number of ether oxygens (including phenoxy) is 1. The number of carbonyl (C=O) groups is 2. The first-order valence-corrected chi connectivity index (χ1v) is 10.3. The molecule has 0 fully saturated rings. The Hall–Kier alpha value is -3.26. The molecule has 172 valence electrons. The van der Waals surface area contributed by atoms with Crippen molar-refractivity contribution in [2.75, 3.05) is 27.2 Å². The number of hydrogen-bond donors (Lipinski definition) is 4. The normalized spacial score (nSPS) is 13.2. The molecule has 32 heavy (non-hydrogen) atoms. The molecule has 2 aromatic carbocycles. The van der Waals surface area contributed by atoms with E-state index in [0.717, 1.165) is 22.3 Å².